The zero-order valence-electron chi connectivity index (χ0n) is 9.59. The monoisotopic (exact) mass is 263 g/mol. The highest BCUT2D eigenvalue weighted by atomic mass is 32.2. The molecule has 2 heterocycles. The smallest absolute Gasteiger partial charge is 0.410 e. The van der Waals surface area contributed by atoms with E-state index in [-0.39, 0.29) is 24.7 Å². The lowest BCUT2D eigenvalue weighted by Gasteiger charge is -2.42. The van der Waals surface area contributed by atoms with Gasteiger partial charge < -0.3 is 14.7 Å². The van der Waals surface area contributed by atoms with E-state index in [4.69, 9.17) is 9.84 Å². The molecule has 0 aromatic rings. The molecule has 0 aromatic heterocycles. The molecule has 0 atom stereocenters. The molecule has 6 nitrogen and oxygen atoms in total. The third-order valence-corrected chi connectivity index (χ3v) is 5.16. The van der Waals surface area contributed by atoms with Crippen molar-refractivity contribution < 1.29 is 23.1 Å². The summed E-state index contributed by atoms with van der Waals surface area (Å²) in [6.07, 6.45) is 1.00. The van der Waals surface area contributed by atoms with E-state index in [2.05, 4.69) is 0 Å². The van der Waals surface area contributed by atoms with Gasteiger partial charge in [-0.1, -0.05) is 0 Å². The maximum atomic E-state index is 11.7. The Labute approximate surface area is 100 Å². The first-order valence-electron chi connectivity index (χ1n) is 5.76. The molecule has 1 amide bonds. The fraction of sp³-hybridized carbons (Fsp3) is 0.900. The summed E-state index contributed by atoms with van der Waals surface area (Å²) in [6, 6.07) is 0. The van der Waals surface area contributed by atoms with Crippen molar-refractivity contribution in [2.75, 3.05) is 31.2 Å². The number of β-amino-alcohol motifs (C(OH)–C–C–N with tert-alkyl or cyclic N) is 1. The SMILES string of the molecule is O=C1OC2(CCN1CCO)CCS(=O)(=O)CC2. The molecule has 0 aliphatic carbocycles. The van der Waals surface area contributed by atoms with Crippen LogP contribution in [-0.2, 0) is 14.6 Å². The molecule has 0 aromatic carbocycles. The van der Waals surface area contributed by atoms with Crippen LogP contribution in [0.25, 0.3) is 0 Å². The van der Waals surface area contributed by atoms with E-state index in [0.29, 0.717) is 25.8 Å². The summed E-state index contributed by atoms with van der Waals surface area (Å²) >= 11 is 0. The van der Waals surface area contributed by atoms with Crippen LogP contribution in [0.4, 0.5) is 4.79 Å². The Bertz CT molecular complexity index is 391. The summed E-state index contributed by atoms with van der Waals surface area (Å²) < 4.78 is 28.1. The number of nitrogens with zero attached hydrogens (tertiary/aromatic N) is 1. The van der Waals surface area contributed by atoms with Gasteiger partial charge in [0, 0.05) is 32.4 Å². The van der Waals surface area contributed by atoms with Crippen LogP contribution >= 0.6 is 0 Å². The summed E-state index contributed by atoms with van der Waals surface area (Å²) in [4.78, 5) is 13.1. The van der Waals surface area contributed by atoms with Crippen LogP contribution in [0.3, 0.4) is 0 Å². The molecule has 1 N–H and O–H groups in total. The number of aliphatic hydroxyl groups is 1. The molecule has 0 bridgehead atoms. The number of hydrogen-bond donors (Lipinski definition) is 1. The molecular formula is C10H17NO5S. The molecule has 2 fully saturated rings. The molecule has 2 rings (SSSR count). The van der Waals surface area contributed by atoms with E-state index in [1.165, 1.54) is 4.90 Å². The van der Waals surface area contributed by atoms with Gasteiger partial charge in [0.25, 0.3) is 0 Å². The molecule has 17 heavy (non-hydrogen) atoms. The van der Waals surface area contributed by atoms with E-state index in [1.54, 1.807) is 0 Å². The van der Waals surface area contributed by atoms with Gasteiger partial charge in [0.1, 0.15) is 5.60 Å². The standard InChI is InChI=1S/C10H17NO5S/c12-6-5-11-4-1-10(16-9(11)13)2-7-17(14,15)8-3-10/h12H,1-8H2. The Morgan fingerprint density at radius 1 is 1.29 bits per heavy atom. The highest BCUT2D eigenvalue weighted by molar-refractivity contribution is 7.91. The van der Waals surface area contributed by atoms with Gasteiger partial charge >= 0.3 is 6.09 Å². The Balaban J connectivity index is 1.99. The first kappa shape index (κ1) is 12.6. The molecule has 2 aliphatic heterocycles. The van der Waals surface area contributed by atoms with Crippen molar-refractivity contribution in [1.82, 2.24) is 4.90 Å². The van der Waals surface area contributed by atoms with Crippen molar-refractivity contribution in [1.29, 1.82) is 0 Å². The van der Waals surface area contributed by atoms with E-state index in [0.717, 1.165) is 0 Å². The fourth-order valence-electron chi connectivity index (χ4n) is 2.32. The summed E-state index contributed by atoms with van der Waals surface area (Å²) in [5.41, 5.74) is -0.589. The molecule has 7 heteroatoms. The Morgan fingerprint density at radius 3 is 2.47 bits per heavy atom. The highest BCUT2D eigenvalue weighted by Gasteiger charge is 2.44. The van der Waals surface area contributed by atoms with Crippen molar-refractivity contribution in [3.8, 4) is 0 Å². The van der Waals surface area contributed by atoms with Crippen molar-refractivity contribution >= 4 is 15.9 Å². The van der Waals surface area contributed by atoms with Gasteiger partial charge in [0.15, 0.2) is 9.84 Å². The summed E-state index contributed by atoms with van der Waals surface area (Å²) in [5.74, 6) is 0.195. The molecule has 0 radical (unpaired) electrons. The summed E-state index contributed by atoms with van der Waals surface area (Å²) in [6.45, 7) is 0.711. The van der Waals surface area contributed by atoms with Gasteiger partial charge in [-0.05, 0) is 0 Å². The predicted octanol–water partition coefficient (Wildman–Crippen LogP) is -0.232. The third kappa shape index (κ3) is 2.71. The number of carbonyl (C=O) groups is 1. The molecule has 2 saturated heterocycles. The maximum absolute atomic E-state index is 11.7. The maximum Gasteiger partial charge on any atom is 0.410 e. The minimum Gasteiger partial charge on any atom is -0.443 e. The van der Waals surface area contributed by atoms with Crippen molar-refractivity contribution in [3.63, 3.8) is 0 Å². The van der Waals surface area contributed by atoms with Gasteiger partial charge in [-0.3, -0.25) is 0 Å². The zero-order chi connectivity index (χ0) is 12.5. The number of carbonyl (C=O) groups excluding carboxylic acids is 1. The van der Waals surface area contributed by atoms with E-state index >= 15 is 0 Å². The van der Waals surface area contributed by atoms with Crippen molar-refractivity contribution in [2.45, 2.75) is 24.9 Å². The minimum atomic E-state index is -2.94. The predicted molar refractivity (Wildman–Crippen MR) is 60.4 cm³/mol. The van der Waals surface area contributed by atoms with Gasteiger partial charge in [0.2, 0.25) is 0 Å². The summed E-state index contributed by atoms with van der Waals surface area (Å²) in [5, 5.41) is 8.78. The minimum absolute atomic E-state index is 0.0868. The number of hydrogen-bond acceptors (Lipinski definition) is 5. The quantitative estimate of drug-likeness (QED) is 0.744. The fourth-order valence-corrected chi connectivity index (χ4v) is 3.89. The first-order chi connectivity index (χ1) is 7.96. The van der Waals surface area contributed by atoms with Gasteiger partial charge in [-0.15, -0.1) is 0 Å². The van der Waals surface area contributed by atoms with Crippen LogP contribution in [0.2, 0.25) is 0 Å². The lowest BCUT2D eigenvalue weighted by Crippen LogP contribution is -2.53. The van der Waals surface area contributed by atoms with Crippen molar-refractivity contribution in [2.24, 2.45) is 0 Å². The summed E-state index contributed by atoms with van der Waals surface area (Å²) in [7, 11) is -2.94. The second-order valence-corrected chi connectivity index (χ2v) is 6.97. The van der Waals surface area contributed by atoms with Gasteiger partial charge in [0.05, 0.1) is 18.1 Å². The molecule has 1 spiro atoms. The average molecular weight is 263 g/mol. The second-order valence-electron chi connectivity index (χ2n) is 4.66. The number of aliphatic hydroxyl groups excluding tert-OH is 1. The normalized spacial score (nSPS) is 26.9. The Hall–Kier alpha value is -0.820. The van der Waals surface area contributed by atoms with Crippen LogP contribution in [0.15, 0.2) is 0 Å². The van der Waals surface area contributed by atoms with Gasteiger partial charge in [-0.25, -0.2) is 13.2 Å². The Morgan fingerprint density at radius 2 is 1.94 bits per heavy atom. The van der Waals surface area contributed by atoms with Crippen LogP contribution in [0, 0.1) is 0 Å². The zero-order valence-corrected chi connectivity index (χ0v) is 10.4. The van der Waals surface area contributed by atoms with Crippen LogP contribution < -0.4 is 0 Å². The third-order valence-electron chi connectivity index (χ3n) is 3.51. The lowest BCUT2D eigenvalue weighted by molar-refractivity contribution is -0.0558. The van der Waals surface area contributed by atoms with E-state index in [1.807, 2.05) is 0 Å². The van der Waals surface area contributed by atoms with Crippen molar-refractivity contribution in [3.05, 3.63) is 0 Å². The largest absolute Gasteiger partial charge is 0.443 e. The first-order valence-corrected chi connectivity index (χ1v) is 7.58. The molecular weight excluding hydrogens is 246 g/mol. The topological polar surface area (TPSA) is 83.9 Å². The molecule has 0 unspecified atom stereocenters. The number of rotatable bonds is 2. The number of ether oxygens (including phenoxy) is 1. The average Bonchev–Trinajstić information content (AvgIpc) is 2.28. The lowest BCUT2D eigenvalue weighted by atomic mass is 9.91. The molecule has 0 saturated carbocycles. The second kappa shape index (κ2) is 4.45. The highest BCUT2D eigenvalue weighted by Crippen LogP contribution is 2.34. The Kier molecular flexibility index (Phi) is 3.31. The number of sulfone groups is 1. The van der Waals surface area contributed by atoms with Crippen LogP contribution in [-0.4, -0.2) is 61.3 Å². The van der Waals surface area contributed by atoms with Crippen LogP contribution in [0.5, 0.6) is 0 Å². The molecule has 2 aliphatic rings. The molecule has 98 valence electrons. The van der Waals surface area contributed by atoms with E-state index < -0.39 is 21.5 Å². The van der Waals surface area contributed by atoms with Gasteiger partial charge in [-0.2, -0.15) is 0 Å². The van der Waals surface area contributed by atoms with Crippen LogP contribution in [0.1, 0.15) is 19.3 Å². The van der Waals surface area contributed by atoms with E-state index in [9.17, 15) is 13.2 Å². The number of amides is 1.